The van der Waals surface area contributed by atoms with Gasteiger partial charge >= 0.3 is 0 Å². The average molecular weight is 304 g/mol. The minimum Gasteiger partial charge on any atom is -0.273 e. The zero-order valence-corrected chi connectivity index (χ0v) is 13.5. The number of nitrogens with two attached hydrogens (primary N) is 1. The predicted molar refractivity (Wildman–Crippen MR) is 87.2 cm³/mol. The first-order valence-corrected chi connectivity index (χ1v) is 8.70. The molecule has 21 heavy (non-hydrogen) atoms. The van der Waals surface area contributed by atoms with Gasteiger partial charge in [0.2, 0.25) is 0 Å². The van der Waals surface area contributed by atoms with Crippen LogP contribution in [0.4, 0.5) is 0 Å². The SMILES string of the molecule is CCn1cc(CC(NN)c2cc3c(s2)CCCCC3)cn1. The van der Waals surface area contributed by atoms with E-state index in [1.807, 2.05) is 22.2 Å². The number of fused-ring (bicyclic) bond motifs is 1. The first-order chi connectivity index (χ1) is 10.3. The van der Waals surface area contributed by atoms with Crippen LogP contribution in [0.25, 0.3) is 0 Å². The van der Waals surface area contributed by atoms with E-state index in [9.17, 15) is 0 Å². The Morgan fingerprint density at radius 1 is 1.38 bits per heavy atom. The molecular formula is C16H24N4S. The van der Waals surface area contributed by atoms with Gasteiger partial charge in [-0.2, -0.15) is 5.10 Å². The summed E-state index contributed by atoms with van der Waals surface area (Å²) in [4.78, 5) is 2.95. The second-order valence-corrected chi connectivity index (χ2v) is 6.95. The molecule has 1 aliphatic carbocycles. The van der Waals surface area contributed by atoms with Crippen molar-refractivity contribution < 1.29 is 0 Å². The van der Waals surface area contributed by atoms with Crippen molar-refractivity contribution >= 4 is 11.3 Å². The van der Waals surface area contributed by atoms with Crippen LogP contribution in [0.1, 0.15) is 53.1 Å². The van der Waals surface area contributed by atoms with Crippen LogP contribution in [0, 0.1) is 0 Å². The van der Waals surface area contributed by atoms with Gasteiger partial charge in [-0.3, -0.25) is 16.0 Å². The van der Waals surface area contributed by atoms with Crippen LogP contribution in [0.5, 0.6) is 0 Å². The van der Waals surface area contributed by atoms with Gasteiger partial charge in [0.05, 0.1) is 12.2 Å². The fraction of sp³-hybridized carbons (Fsp3) is 0.562. The first-order valence-electron chi connectivity index (χ1n) is 7.89. The minimum atomic E-state index is 0.191. The Kier molecular flexibility index (Phi) is 4.73. The fourth-order valence-corrected chi connectivity index (χ4v) is 4.34. The van der Waals surface area contributed by atoms with Crippen LogP contribution >= 0.6 is 11.3 Å². The monoisotopic (exact) mass is 304 g/mol. The highest BCUT2D eigenvalue weighted by Crippen LogP contribution is 2.33. The largest absolute Gasteiger partial charge is 0.273 e. The van der Waals surface area contributed by atoms with E-state index in [1.165, 1.54) is 42.5 Å². The van der Waals surface area contributed by atoms with Gasteiger partial charge in [-0.1, -0.05) is 6.42 Å². The number of nitrogens with one attached hydrogen (secondary N) is 1. The third-order valence-corrected chi connectivity index (χ3v) is 5.61. The molecule has 4 nitrogen and oxygen atoms in total. The van der Waals surface area contributed by atoms with Crippen LogP contribution in [-0.2, 0) is 25.8 Å². The summed E-state index contributed by atoms with van der Waals surface area (Å²) >= 11 is 1.94. The maximum absolute atomic E-state index is 5.81. The van der Waals surface area contributed by atoms with Crippen LogP contribution < -0.4 is 11.3 Å². The summed E-state index contributed by atoms with van der Waals surface area (Å²) in [6.45, 7) is 3.01. The smallest absolute Gasteiger partial charge is 0.0594 e. The first kappa shape index (κ1) is 14.8. The molecule has 0 saturated carbocycles. The lowest BCUT2D eigenvalue weighted by Crippen LogP contribution is -2.28. The Balaban J connectivity index is 1.76. The molecule has 0 aromatic carbocycles. The molecule has 114 valence electrons. The van der Waals surface area contributed by atoms with Crippen LogP contribution in [-0.4, -0.2) is 9.78 Å². The Morgan fingerprint density at radius 2 is 2.24 bits per heavy atom. The number of hydrazine groups is 1. The number of thiophene rings is 1. The Bertz CT molecular complexity index is 563. The third kappa shape index (κ3) is 3.36. The number of aromatic nitrogens is 2. The maximum atomic E-state index is 5.81. The number of nitrogens with zero attached hydrogens (tertiary/aromatic N) is 2. The molecule has 0 aliphatic heterocycles. The normalized spacial score (nSPS) is 16.5. The molecule has 3 N–H and O–H groups in total. The lowest BCUT2D eigenvalue weighted by Gasteiger charge is -2.13. The third-order valence-electron chi connectivity index (χ3n) is 4.26. The molecule has 5 heteroatoms. The number of aryl methyl sites for hydroxylation is 3. The summed E-state index contributed by atoms with van der Waals surface area (Å²) in [6.07, 6.45) is 11.5. The maximum Gasteiger partial charge on any atom is 0.0594 e. The molecule has 2 heterocycles. The zero-order valence-electron chi connectivity index (χ0n) is 12.6. The van der Waals surface area contributed by atoms with Crippen LogP contribution in [0.15, 0.2) is 18.5 Å². The molecule has 0 saturated heterocycles. The van der Waals surface area contributed by atoms with Crippen molar-refractivity contribution in [3.8, 4) is 0 Å². The van der Waals surface area contributed by atoms with Gasteiger partial charge in [-0.25, -0.2) is 0 Å². The molecule has 0 bridgehead atoms. The van der Waals surface area contributed by atoms with E-state index in [0.29, 0.717) is 0 Å². The van der Waals surface area contributed by atoms with E-state index in [0.717, 1.165) is 13.0 Å². The van der Waals surface area contributed by atoms with Crippen molar-refractivity contribution in [2.45, 2.75) is 58.0 Å². The van der Waals surface area contributed by atoms with Crippen LogP contribution in [0.3, 0.4) is 0 Å². The van der Waals surface area contributed by atoms with Gasteiger partial charge in [0.25, 0.3) is 0 Å². The van der Waals surface area contributed by atoms with Crippen LogP contribution in [0.2, 0.25) is 0 Å². The van der Waals surface area contributed by atoms with E-state index in [-0.39, 0.29) is 6.04 Å². The van der Waals surface area contributed by atoms with Crippen molar-refractivity contribution in [2.24, 2.45) is 5.84 Å². The van der Waals surface area contributed by atoms with Gasteiger partial charge in [0, 0.05) is 22.5 Å². The van der Waals surface area contributed by atoms with Gasteiger partial charge in [0.15, 0.2) is 0 Å². The highest BCUT2D eigenvalue weighted by molar-refractivity contribution is 7.12. The summed E-state index contributed by atoms with van der Waals surface area (Å²) in [6, 6.07) is 2.57. The quantitative estimate of drug-likeness (QED) is 0.507. The van der Waals surface area contributed by atoms with E-state index in [4.69, 9.17) is 5.84 Å². The lowest BCUT2D eigenvalue weighted by molar-refractivity contribution is 0.559. The van der Waals surface area contributed by atoms with E-state index in [2.05, 4.69) is 29.7 Å². The summed E-state index contributed by atoms with van der Waals surface area (Å²) < 4.78 is 1.96. The van der Waals surface area contributed by atoms with Crippen molar-refractivity contribution in [3.05, 3.63) is 39.3 Å². The summed E-state index contributed by atoms with van der Waals surface area (Å²) in [5.74, 6) is 5.81. The number of hydrogen-bond donors (Lipinski definition) is 2. The lowest BCUT2D eigenvalue weighted by atomic mass is 10.1. The molecular weight excluding hydrogens is 280 g/mol. The number of hydrogen-bond acceptors (Lipinski definition) is 4. The molecule has 0 spiro atoms. The Labute approximate surface area is 130 Å². The van der Waals surface area contributed by atoms with Gasteiger partial charge < -0.3 is 0 Å². The van der Waals surface area contributed by atoms with E-state index >= 15 is 0 Å². The van der Waals surface area contributed by atoms with E-state index in [1.54, 1.807) is 10.4 Å². The van der Waals surface area contributed by atoms with Crippen molar-refractivity contribution in [2.75, 3.05) is 0 Å². The second kappa shape index (κ2) is 6.73. The Hall–Kier alpha value is -1.17. The zero-order chi connectivity index (χ0) is 14.7. The fourth-order valence-electron chi connectivity index (χ4n) is 3.02. The molecule has 1 unspecified atom stereocenters. The highest BCUT2D eigenvalue weighted by Gasteiger charge is 2.18. The summed E-state index contributed by atoms with van der Waals surface area (Å²) in [7, 11) is 0. The van der Waals surface area contributed by atoms with Crippen molar-refractivity contribution in [3.63, 3.8) is 0 Å². The highest BCUT2D eigenvalue weighted by atomic mass is 32.1. The van der Waals surface area contributed by atoms with Crippen molar-refractivity contribution in [1.82, 2.24) is 15.2 Å². The van der Waals surface area contributed by atoms with Gasteiger partial charge in [-0.15, -0.1) is 11.3 Å². The molecule has 0 amide bonds. The van der Waals surface area contributed by atoms with Gasteiger partial charge in [-0.05, 0) is 56.2 Å². The molecule has 0 fully saturated rings. The predicted octanol–water partition coefficient (Wildman–Crippen LogP) is 2.98. The average Bonchev–Trinajstić information content (AvgIpc) is 3.06. The number of rotatable bonds is 5. The standard InChI is InChI=1S/C16H24N4S/c1-2-20-11-12(10-18-20)8-14(19-17)16-9-13-6-4-3-5-7-15(13)21-16/h9-11,14,19H,2-8,17H2,1H3. The molecule has 2 aromatic rings. The summed E-state index contributed by atoms with van der Waals surface area (Å²) in [5, 5.41) is 4.34. The Morgan fingerprint density at radius 3 is 3.00 bits per heavy atom. The molecule has 2 aromatic heterocycles. The molecule has 1 aliphatic rings. The molecule has 1 atom stereocenters. The molecule has 0 radical (unpaired) electrons. The second-order valence-electron chi connectivity index (χ2n) is 5.79. The minimum absolute atomic E-state index is 0.191. The van der Waals surface area contributed by atoms with E-state index < -0.39 is 0 Å². The van der Waals surface area contributed by atoms with Gasteiger partial charge in [0.1, 0.15) is 0 Å². The molecule has 3 rings (SSSR count). The summed E-state index contributed by atoms with van der Waals surface area (Å²) in [5.41, 5.74) is 5.78. The van der Waals surface area contributed by atoms with Crippen molar-refractivity contribution in [1.29, 1.82) is 0 Å². The topological polar surface area (TPSA) is 55.9 Å².